The van der Waals surface area contributed by atoms with Crippen molar-refractivity contribution in [2.75, 3.05) is 30.3 Å². The minimum Gasteiger partial charge on any atom is -0.486 e. The molecular weight excluding hydrogens is 545 g/mol. The number of alkyl halides is 6. The van der Waals surface area contributed by atoms with Crippen molar-refractivity contribution in [1.29, 1.82) is 0 Å². The number of nitrogens with one attached hydrogen (secondary N) is 2. The number of aryl methyl sites for hydroxylation is 1. The molecule has 1 aromatic carbocycles. The quantitative estimate of drug-likeness (QED) is 0.371. The fraction of sp³-hybridized carbons (Fsp3) is 0.364. The highest BCUT2D eigenvalue weighted by Crippen LogP contribution is 2.31. The first-order valence-corrected chi connectivity index (χ1v) is 11.7. The van der Waals surface area contributed by atoms with Gasteiger partial charge in [0.1, 0.15) is 16.9 Å². The number of rotatable bonds is 7. The summed E-state index contributed by atoms with van der Waals surface area (Å²) in [5.74, 6) is -1.70. The second-order valence-corrected chi connectivity index (χ2v) is 9.13. The Kier molecular flexibility index (Phi) is 7.73. The van der Waals surface area contributed by atoms with E-state index in [1.807, 2.05) is 0 Å². The molecule has 0 unspecified atom stereocenters. The number of nitrogens with zero attached hydrogens (tertiary/aromatic N) is 4. The van der Waals surface area contributed by atoms with Crippen molar-refractivity contribution in [3.8, 4) is 5.75 Å². The van der Waals surface area contributed by atoms with Crippen molar-refractivity contribution in [1.82, 2.24) is 19.2 Å². The summed E-state index contributed by atoms with van der Waals surface area (Å²) >= 11 is 0.869. The Morgan fingerprint density at radius 1 is 1.18 bits per heavy atom. The number of halogens is 7. The van der Waals surface area contributed by atoms with E-state index >= 15 is 0 Å². The molecule has 1 aliphatic rings. The monoisotopic (exact) mass is 564 g/mol. The summed E-state index contributed by atoms with van der Waals surface area (Å²) in [6.45, 7) is 0.567. The third kappa shape index (κ3) is 6.86. The standard InChI is InChI=1S/C22H19F7N6O2S/c1-11-18(20(38-34-11)33-17-8-30-16(7-31-17)22(27,28)29)19(36)32-12-2-3-14(23)15(6-12)37-13-4-5-35(9-13)10-21(24,25)26/h2-3,6-8,13H,4-5,9-10H2,1H3,(H,31,33)(H,32,36)/t13-/m0/s1. The predicted molar refractivity (Wildman–Crippen MR) is 123 cm³/mol. The molecule has 0 saturated carbocycles. The number of ether oxygens (including phenoxy) is 1. The molecule has 0 spiro atoms. The summed E-state index contributed by atoms with van der Waals surface area (Å²) < 4.78 is 100.0. The normalized spacial score (nSPS) is 16.5. The second kappa shape index (κ2) is 10.7. The lowest BCUT2D eigenvalue weighted by Crippen LogP contribution is -2.33. The van der Waals surface area contributed by atoms with Gasteiger partial charge in [-0.15, -0.1) is 0 Å². The van der Waals surface area contributed by atoms with E-state index in [9.17, 15) is 35.5 Å². The van der Waals surface area contributed by atoms with Gasteiger partial charge in [0, 0.05) is 24.8 Å². The van der Waals surface area contributed by atoms with Gasteiger partial charge < -0.3 is 15.4 Å². The molecule has 204 valence electrons. The zero-order chi connectivity index (χ0) is 27.7. The second-order valence-electron chi connectivity index (χ2n) is 8.36. The van der Waals surface area contributed by atoms with E-state index in [2.05, 4.69) is 25.0 Å². The highest BCUT2D eigenvalue weighted by molar-refractivity contribution is 7.10. The summed E-state index contributed by atoms with van der Waals surface area (Å²) in [4.78, 5) is 21.1. The first kappa shape index (κ1) is 27.5. The maximum absolute atomic E-state index is 14.3. The van der Waals surface area contributed by atoms with Gasteiger partial charge in [0.05, 0.1) is 30.2 Å². The first-order chi connectivity index (χ1) is 17.8. The van der Waals surface area contributed by atoms with Gasteiger partial charge in [0.2, 0.25) is 0 Å². The molecule has 0 bridgehead atoms. The van der Waals surface area contributed by atoms with Crippen LogP contribution in [-0.4, -0.2) is 57.1 Å². The molecule has 0 radical (unpaired) electrons. The van der Waals surface area contributed by atoms with Crippen LogP contribution in [0.5, 0.6) is 5.75 Å². The van der Waals surface area contributed by atoms with Crippen molar-refractivity contribution >= 4 is 33.9 Å². The van der Waals surface area contributed by atoms with Crippen molar-refractivity contribution in [3.05, 3.63) is 53.4 Å². The van der Waals surface area contributed by atoms with E-state index in [0.29, 0.717) is 11.9 Å². The number of aromatic nitrogens is 3. The van der Waals surface area contributed by atoms with Crippen LogP contribution < -0.4 is 15.4 Å². The Bertz CT molecular complexity index is 1300. The van der Waals surface area contributed by atoms with Crippen LogP contribution in [0.15, 0.2) is 30.6 Å². The molecular formula is C22H19F7N6O2S. The maximum atomic E-state index is 14.3. The zero-order valence-electron chi connectivity index (χ0n) is 19.5. The smallest absolute Gasteiger partial charge is 0.434 e. The Morgan fingerprint density at radius 2 is 1.95 bits per heavy atom. The number of anilines is 3. The molecule has 1 amide bonds. The number of carbonyl (C=O) groups excluding carboxylic acids is 1. The average Bonchev–Trinajstić information content (AvgIpc) is 3.40. The van der Waals surface area contributed by atoms with Gasteiger partial charge in [0.25, 0.3) is 5.91 Å². The van der Waals surface area contributed by atoms with E-state index in [-0.39, 0.29) is 47.3 Å². The van der Waals surface area contributed by atoms with Crippen LogP contribution in [0.25, 0.3) is 0 Å². The van der Waals surface area contributed by atoms with Crippen LogP contribution in [-0.2, 0) is 6.18 Å². The van der Waals surface area contributed by atoms with E-state index in [1.54, 1.807) is 6.92 Å². The van der Waals surface area contributed by atoms with Gasteiger partial charge in [-0.05, 0) is 37.0 Å². The molecule has 1 aliphatic heterocycles. The number of likely N-dealkylation sites (tertiary alicyclic amines) is 1. The fourth-order valence-electron chi connectivity index (χ4n) is 3.71. The third-order valence-electron chi connectivity index (χ3n) is 5.39. The highest BCUT2D eigenvalue weighted by atomic mass is 32.1. The SMILES string of the molecule is Cc1nsc(Nc2cnc(C(F)(F)F)cn2)c1C(=O)Nc1ccc(F)c(O[C@H]2CCN(CC(F)(F)F)C2)c1. The summed E-state index contributed by atoms with van der Waals surface area (Å²) in [6, 6.07) is 3.53. The fourth-order valence-corrected chi connectivity index (χ4v) is 4.51. The number of carbonyl (C=O) groups is 1. The molecule has 0 aliphatic carbocycles. The van der Waals surface area contributed by atoms with E-state index < -0.39 is 42.4 Å². The van der Waals surface area contributed by atoms with E-state index in [4.69, 9.17) is 4.74 Å². The van der Waals surface area contributed by atoms with E-state index in [0.717, 1.165) is 28.7 Å². The summed E-state index contributed by atoms with van der Waals surface area (Å²) in [6.07, 6.45) is -8.00. The lowest BCUT2D eigenvalue weighted by Gasteiger charge is -2.18. The van der Waals surface area contributed by atoms with Crippen LogP contribution in [0, 0.1) is 12.7 Å². The lowest BCUT2D eigenvalue weighted by molar-refractivity contribution is -0.144. The van der Waals surface area contributed by atoms with Gasteiger partial charge in [-0.3, -0.25) is 9.69 Å². The first-order valence-electron chi connectivity index (χ1n) is 11.0. The van der Waals surface area contributed by atoms with Crippen molar-refractivity contribution < 1.29 is 40.3 Å². The predicted octanol–water partition coefficient (Wildman–Crippen LogP) is 5.41. The van der Waals surface area contributed by atoms with Crippen molar-refractivity contribution in [2.45, 2.75) is 31.8 Å². The van der Waals surface area contributed by atoms with Crippen LogP contribution >= 0.6 is 11.5 Å². The molecule has 1 fully saturated rings. The average molecular weight is 564 g/mol. The molecule has 8 nitrogen and oxygen atoms in total. The lowest BCUT2D eigenvalue weighted by atomic mass is 10.2. The van der Waals surface area contributed by atoms with Crippen LogP contribution in [0.3, 0.4) is 0 Å². The van der Waals surface area contributed by atoms with Crippen molar-refractivity contribution in [2.24, 2.45) is 0 Å². The maximum Gasteiger partial charge on any atom is 0.434 e. The van der Waals surface area contributed by atoms with Crippen LogP contribution in [0.2, 0.25) is 0 Å². The number of hydrogen-bond acceptors (Lipinski definition) is 8. The molecule has 2 aromatic heterocycles. The molecule has 4 rings (SSSR count). The van der Waals surface area contributed by atoms with Gasteiger partial charge >= 0.3 is 12.4 Å². The largest absolute Gasteiger partial charge is 0.486 e. The van der Waals surface area contributed by atoms with Crippen molar-refractivity contribution in [3.63, 3.8) is 0 Å². The van der Waals surface area contributed by atoms with Gasteiger partial charge in [-0.2, -0.15) is 30.7 Å². The summed E-state index contributed by atoms with van der Waals surface area (Å²) in [5.41, 5.74) is -0.657. The number of hydrogen-bond donors (Lipinski definition) is 2. The Labute approximate surface area is 215 Å². The van der Waals surface area contributed by atoms with E-state index in [1.165, 1.54) is 12.1 Å². The molecule has 3 heterocycles. The summed E-state index contributed by atoms with van der Waals surface area (Å²) in [7, 11) is 0. The molecule has 1 atom stereocenters. The Balaban J connectivity index is 1.44. The van der Waals surface area contributed by atoms with Crippen LogP contribution in [0.4, 0.5) is 47.2 Å². The zero-order valence-corrected chi connectivity index (χ0v) is 20.3. The Morgan fingerprint density at radius 3 is 2.61 bits per heavy atom. The topological polar surface area (TPSA) is 92.3 Å². The number of amides is 1. The third-order valence-corrected chi connectivity index (χ3v) is 6.24. The Hall–Kier alpha value is -3.53. The van der Waals surface area contributed by atoms with Gasteiger partial charge in [-0.25, -0.2) is 14.4 Å². The molecule has 3 aromatic rings. The minimum absolute atomic E-state index is 0.0306. The minimum atomic E-state index is -4.66. The molecule has 16 heteroatoms. The molecule has 1 saturated heterocycles. The van der Waals surface area contributed by atoms with Gasteiger partial charge in [0.15, 0.2) is 17.3 Å². The van der Waals surface area contributed by atoms with Crippen LogP contribution in [0.1, 0.15) is 28.2 Å². The number of benzene rings is 1. The highest BCUT2D eigenvalue weighted by Gasteiger charge is 2.35. The van der Waals surface area contributed by atoms with Gasteiger partial charge in [-0.1, -0.05) is 0 Å². The molecule has 2 N–H and O–H groups in total. The summed E-state index contributed by atoms with van der Waals surface area (Å²) in [5, 5.41) is 5.47. The molecule has 38 heavy (non-hydrogen) atoms.